The molecule has 0 radical (unpaired) electrons. The van der Waals surface area contributed by atoms with Crippen molar-refractivity contribution in [2.45, 2.75) is 11.3 Å². The molecule has 1 rings (SSSR count). The Morgan fingerprint density at radius 1 is 1.47 bits per heavy atom. The van der Waals surface area contributed by atoms with Crippen molar-refractivity contribution in [1.29, 1.82) is 0 Å². The molecule has 0 unspecified atom stereocenters. The fraction of sp³-hybridized carbons (Fsp3) is 0.273. The summed E-state index contributed by atoms with van der Waals surface area (Å²) in [5.74, 6) is -0.398. The zero-order valence-electron chi connectivity index (χ0n) is 9.39. The van der Waals surface area contributed by atoms with E-state index in [9.17, 15) is 12.8 Å². The first kappa shape index (κ1) is 16.1. The number of nitrogens with two attached hydrogens (primary N) is 1. The Morgan fingerprint density at radius 2 is 2.12 bits per heavy atom. The van der Waals surface area contributed by atoms with Crippen LogP contribution in [0.3, 0.4) is 0 Å². The van der Waals surface area contributed by atoms with E-state index in [0.717, 1.165) is 11.8 Å². The third kappa shape index (κ3) is 5.30. The summed E-state index contributed by atoms with van der Waals surface area (Å²) in [5.41, 5.74) is 5.84. The van der Waals surface area contributed by atoms with E-state index in [0.29, 0.717) is 6.42 Å². The van der Waals surface area contributed by atoms with Crippen molar-refractivity contribution >= 4 is 22.2 Å². The molecule has 1 aromatic rings. The van der Waals surface area contributed by atoms with Gasteiger partial charge >= 0.3 is 0 Å². The lowest BCUT2D eigenvalue weighted by molar-refractivity contribution is 0.602. The van der Waals surface area contributed by atoms with Gasteiger partial charge in [-0.25, -0.2) is 12.8 Å². The maximum Gasteiger partial charge on any atom is 0.175 e. The molecule has 1 aromatic carbocycles. The fourth-order valence-electron chi connectivity index (χ4n) is 1.22. The molecule has 96 valence electrons. The molecule has 0 amide bonds. The van der Waals surface area contributed by atoms with Crippen molar-refractivity contribution in [3.8, 4) is 0 Å². The minimum Gasteiger partial charge on any atom is -0.325 e. The Morgan fingerprint density at radius 3 is 2.65 bits per heavy atom. The van der Waals surface area contributed by atoms with Gasteiger partial charge in [0.25, 0.3) is 0 Å². The summed E-state index contributed by atoms with van der Waals surface area (Å²) in [7, 11) is -3.21. The smallest absolute Gasteiger partial charge is 0.175 e. The van der Waals surface area contributed by atoms with Gasteiger partial charge in [0.2, 0.25) is 0 Å². The van der Waals surface area contributed by atoms with Gasteiger partial charge < -0.3 is 5.73 Å². The van der Waals surface area contributed by atoms with Crippen molar-refractivity contribution < 1.29 is 12.8 Å². The van der Waals surface area contributed by atoms with Crippen LogP contribution in [0.5, 0.6) is 0 Å². The quantitative estimate of drug-likeness (QED) is 0.915. The maximum atomic E-state index is 12.8. The van der Waals surface area contributed by atoms with Gasteiger partial charge in [0, 0.05) is 12.8 Å². The number of allylic oxidation sites excluding steroid dienone is 1. The lowest BCUT2D eigenvalue weighted by Crippen LogP contribution is -2.00. The Balaban J connectivity index is 0.00000256. The number of halogens is 2. The summed E-state index contributed by atoms with van der Waals surface area (Å²) >= 11 is 0. The first-order valence-corrected chi connectivity index (χ1v) is 6.66. The standard InChI is InChI=1S/C11H14FNO2S.ClH/c1-16(14,15)11-4-2-3-9(7-11)5-6-10(12)8-13;/h2-4,6-7H,5,8,13H2,1H3;1H. The lowest BCUT2D eigenvalue weighted by atomic mass is 10.1. The normalized spacial score (nSPS) is 12.1. The number of hydrogen-bond donors (Lipinski definition) is 1. The van der Waals surface area contributed by atoms with Crippen molar-refractivity contribution in [3.63, 3.8) is 0 Å². The molecule has 3 nitrogen and oxygen atoms in total. The monoisotopic (exact) mass is 279 g/mol. The summed E-state index contributed by atoms with van der Waals surface area (Å²) in [4.78, 5) is 0.242. The van der Waals surface area contributed by atoms with Crippen LogP contribution in [0.25, 0.3) is 0 Å². The molecule has 0 saturated carbocycles. The van der Waals surface area contributed by atoms with Crippen LogP contribution in [0.2, 0.25) is 0 Å². The fourth-order valence-corrected chi connectivity index (χ4v) is 1.91. The van der Waals surface area contributed by atoms with Crippen LogP contribution in [-0.2, 0) is 16.3 Å². The van der Waals surface area contributed by atoms with E-state index in [-0.39, 0.29) is 23.8 Å². The van der Waals surface area contributed by atoms with E-state index >= 15 is 0 Å². The third-order valence-electron chi connectivity index (χ3n) is 2.08. The van der Waals surface area contributed by atoms with E-state index in [4.69, 9.17) is 5.73 Å². The first-order valence-electron chi connectivity index (χ1n) is 4.77. The van der Waals surface area contributed by atoms with E-state index in [1.807, 2.05) is 0 Å². The molecule has 6 heteroatoms. The predicted octanol–water partition coefficient (Wildman–Crippen LogP) is 1.87. The second-order valence-corrected chi connectivity index (χ2v) is 5.49. The Bertz CT molecular complexity index is 500. The van der Waals surface area contributed by atoms with Crippen LogP contribution in [0.1, 0.15) is 5.56 Å². The van der Waals surface area contributed by atoms with Crippen LogP contribution in [0.15, 0.2) is 41.1 Å². The zero-order chi connectivity index (χ0) is 12.2. The molecule has 0 aliphatic heterocycles. The summed E-state index contributed by atoms with van der Waals surface area (Å²) < 4.78 is 35.3. The van der Waals surface area contributed by atoms with Crippen molar-refractivity contribution in [1.82, 2.24) is 0 Å². The maximum absolute atomic E-state index is 12.8. The molecule has 0 aromatic heterocycles. The molecule has 0 atom stereocenters. The average Bonchev–Trinajstić information content (AvgIpc) is 2.25. The molecule has 0 aliphatic rings. The Labute approximate surface area is 107 Å². The second kappa shape index (κ2) is 6.74. The SMILES string of the molecule is CS(=O)(=O)c1cccc(CC=C(F)CN)c1.Cl. The van der Waals surface area contributed by atoms with Crippen LogP contribution in [0.4, 0.5) is 4.39 Å². The number of benzene rings is 1. The van der Waals surface area contributed by atoms with Crippen molar-refractivity contribution in [3.05, 3.63) is 41.7 Å². The zero-order valence-corrected chi connectivity index (χ0v) is 11.0. The van der Waals surface area contributed by atoms with E-state index in [1.54, 1.807) is 12.1 Å². The van der Waals surface area contributed by atoms with E-state index in [2.05, 4.69) is 0 Å². The third-order valence-corrected chi connectivity index (χ3v) is 3.19. The highest BCUT2D eigenvalue weighted by atomic mass is 35.5. The first-order chi connectivity index (χ1) is 7.43. The summed E-state index contributed by atoms with van der Waals surface area (Å²) in [6, 6.07) is 6.44. The minimum atomic E-state index is -3.21. The highest BCUT2D eigenvalue weighted by Crippen LogP contribution is 2.12. The highest BCUT2D eigenvalue weighted by molar-refractivity contribution is 7.90. The predicted molar refractivity (Wildman–Crippen MR) is 68.7 cm³/mol. The van der Waals surface area contributed by atoms with Gasteiger partial charge in [-0.15, -0.1) is 12.4 Å². The Kier molecular flexibility index (Phi) is 6.37. The van der Waals surface area contributed by atoms with E-state index < -0.39 is 15.7 Å². The molecular formula is C11H15ClFNO2S. The molecule has 0 bridgehead atoms. The lowest BCUT2D eigenvalue weighted by Gasteiger charge is -2.01. The minimum absolute atomic E-state index is 0. The van der Waals surface area contributed by atoms with E-state index in [1.165, 1.54) is 18.2 Å². The van der Waals surface area contributed by atoms with Gasteiger partial charge in [-0.2, -0.15) is 0 Å². The molecule has 0 heterocycles. The number of hydrogen-bond acceptors (Lipinski definition) is 3. The summed E-state index contributed by atoms with van der Waals surface area (Å²) in [6.45, 7) is -0.133. The summed E-state index contributed by atoms with van der Waals surface area (Å²) in [6.07, 6.45) is 2.83. The van der Waals surface area contributed by atoms with Crippen molar-refractivity contribution in [2.75, 3.05) is 12.8 Å². The molecular weight excluding hydrogens is 265 g/mol. The number of sulfone groups is 1. The van der Waals surface area contributed by atoms with Crippen LogP contribution in [-0.4, -0.2) is 21.2 Å². The van der Waals surface area contributed by atoms with Gasteiger partial charge in [0.15, 0.2) is 9.84 Å². The van der Waals surface area contributed by atoms with Crippen molar-refractivity contribution in [2.24, 2.45) is 5.73 Å². The average molecular weight is 280 g/mol. The van der Waals surface area contributed by atoms with Crippen LogP contribution in [0, 0.1) is 0 Å². The van der Waals surface area contributed by atoms with Gasteiger partial charge in [-0.3, -0.25) is 0 Å². The van der Waals surface area contributed by atoms with Gasteiger partial charge in [0.05, 0.1) is 4.90 Å². The van der Waals surface area contributed by atoms with Gasteiger partial charge in [0.1, 0.15) is 5.83 Å². The summed E-state index contributed by atoms with van der Waals surface area (Å²) in [5, 5.41) is 0. The molecule has 0 aliphatic carbocycles. The highest BCUT2D eigenvalue weighted by Gasteiger charge is 2.06. The van der Waals surface area contributed by atoms with Gasteiger partial charge in [-0.05, 0) is 30.2 Å². The molecule has 0 spiro atoms. The molecule has 0 fully saturated rings. The van der Waals surface area contributed by atoms with Crippen LogP contribution >= 0.6 is 12.4 Å². The molecule has 17 heavy (non-hydrogen) atoms. The topological polar surface area (TPSA) is 60.2 Å². The second-order valence-electron chi connectivity index (χ2n) is 3.48. The molecule has 2 N–H and O–H groups in total. The molecule has 0 saturated heterocycles. The number of rotatable bonds is 4. The van der Waals surface area contributed by atoms with Crippen LogP contribution < -0.4 is 5.73 Å². The largest absolute Gasteiger partial charge is 0.325 e. The van der Waals surface area contributed by atoms with Gasteiger partial charge in [-0.1, -0.05) is 12.1 Å². The Hall–Kier alpha value is -0.910.